The third kappa shape index (κ3) is 2.93. The maximum Gasteiger partial charge on any atom is 0.267 e. The summed E-state index contributed by atoms with van der Waals surface area (Å²) in [5, 5.41) is 3.90. The number of carbonyl (C=O) groups is 1. The zero-order valence-electron chi connectivity index (χ0n) is 14.2. The molecule has 0 saturated heterocycles. The predicted molar refractivity (Wildman–Crippen MR) is 97.3 cm³/mol. The van der Waals surface area contributed by atoms with Crippen LogP contribution in [-0.4, -0.2) is 16.9 Å². The van der Waals surface area contributed by atoms with E-state index in [1.54, 1.807) is 12.1 Å². The van der Waals surface area contributed by atoms with E-state index in [4.69, 9.17) is 0 Å². The second-order valence-electron chi connectivity index (χ2n) is 6.79. The van der Waals surface area contributed by atoms with Gasteiger partial charge in [0.2, 0.25) is 0 Å². The summed E-state index contributed by atoms with van der Waals surface area (Å²) in [5.41, 5.74) is 3.93. The summed E-state index contributed by atoms with van der Waals surface area (Å²) in [5.74, 6) is -0.0739. The molecule has 0 fully saturated rings. The summed E-state index contributed by atoms with van der Waals surface area (Å²) in [6.07, 6.45) is 3.00. The number of aromatic nitrogens is 1. The highest BCUT2D eigenvalue weighted by Crippen LogP contribution is 2.36. The van der Waals surface area contributed by atoms with Crippen molar-refractivity contribution in [1.82, 2.24) is 10.3 Å². The van der Waals surface area contributed by atoms with Gasteiger partial charge in [-0.15, -0.1) is 0 Å². The van der Waals surface area contributed by atoms with E-state index < -0.39 is 0 Å². The van der Waals surface area contributed by atoms with Crippen LogP contribution in [0.5, 0.6) is 0 Å². The Labute approximate surface area is 146 Å². The lowest BCUT2D eigenvalue weighted by molar-refractivity contribution is 0.0928. The summed E-state index contributed by atoms with van der Waals surface area (Å²) in [6, 6.07) is 14.8. The fourth-order valence-corrected chi connectivity index (χ4v) is 3.97. The predicted octanol–water partition coefficient (Wildman–Crippen LogP) is 4.55. The molecule has 2 atom stereocenters. The molecule has 4 heteroatoms. The Morgan fingerprint density at radius 2 is 2.08 bits per heavy atom. The zero-order valence-corrected chi connectivity index (χ0v) is 14.2. The Morgan fingerprint density at radius 1 is 1.24 bits per heavy atom. The fraction of sp³-hybridized carbons (Fsp3) is 0.286. The highest BCUT2D eigenvalue weighted by molar-refractivity contribution is 5.98. The second kappa shape index (κ2) is 6.36. The minimum Gasteiger partial charge on any atom is -0.351 e. The molecular formula is C21H21FN2O. The van der Waals surface area contributed by atoms with Crippen LogP contribution in [0.4, 0.5) is 4.39 Å². The molecular weight excluding hydrogens is 315 g/mol. The highest BCUT2D eigenvalue weighted by Gasteiger charge is 2.32. The van der Waals surface area contributed by atoms with Crippen molar-refractivity contribution in [3.05, 3.63) is 71.2 Å². The average molecular weight is 336 g/mol. The Kier molecular flexibility index (Phi) is 4.04. The number of hydrogen-bond acceptors (Lipinski definition) is 1. The van der Waals surface area contributed by atoms with E-state index in [2.05, 4.69) is 41.5 Å². The number of amides is 1. The fourth-order valence-electron chi connectivity index (χ4n) is 3.97. The van der Waals surface area contributed by atoms with Gasteiger partial charge >= 0.3 is 0 Å². The molecule has 1 amide bonds. The average Bonchev–Trinajstić information content (AvgIpc) is 3.17. The Bertz CT molecular complexity index is 931. The van der Waals surface area contributed by atoms with E-state index in [0.29, 0.717) is 17.0 Å². The SMILES string of the molecule is CCC[C@@H]1c2ccccc2CC1NC(=O)c1cc2cc(F)ccc2[nH]1. The Hall–Kier alpha value is -2.62. The van der Waals surface area contributed by atoms with Crippen molar-refractivity contribution in [2.75, 3.05) is 0 Å². The number of H-pyrrole nitrogens is 1. The Balaban J connectivity index is 1.57. The first-order valence-corrected chi connectivity index (χ1v) is 8.82. The summed E-state index contributed by atoms with van der Waals surface area (Å²) < 4.78 is 13.3. The summed E-state index contributed by atoms with van der Waals surface area (Å²) in [6.45, 7) is 2.17. The molecule has 2 aromatic carbocycles. The number of fused-ring (bicyclic) bond motifs is 2. The van der Waals surface area contributed by atoms with Crippen molar-refractivity contribution in [1.29, 1.82) is 0 Å². The third-order valence-electron chi connectivity index (χ3n) is 5.12. The van der Waals surface area contributed by atoms with Gasteiger partial charge < -0.3 is 10.3 Å². The largest absolute Gasteiger partial charge is 0.351 e. The minimum atomic E-state index is -0.298. The van der Waals surface area contributed by atoms with Crippen LogP contribution in [-0.2, 0) is 6.42 Å². The molecule has 1 aliphatic carbocycles. The van der Waals surface area contributed by atoms with Crippen LogP contribution in [0.2, 0.25) is 0 Å². The molecule has 0 bridgehead atoms. The van der Waals surface area contributed by atoms with Gasteiger partial charge in [0.25, 0.3) is 5.91 Å². The van der Waals surface area contributed by atoms with Crippen LogP contribution in [0.3, 0.4) is 0 Å². The number of rotatable bonds is 4. The maximum atomic E-state index is 13.3. The number of carbonyl (C=O) groups excluding carboxylic acids is 1. The molecule has 1 heterocycles. The molecule has 4 rings (SSSR count). The van der Waals surface area contributed by atoms with Gasteiger partial charge in [0.1, 0.15) is 11.5 Å². The van der Waals surface area contributed by atoms with Crippen molar-refractivity contribution in [3.8, 4) is 0 Å². The molecule has 128 valence electrons. The van der Waals surface area contributed by atoms with Crippen molar-refractivity contribution in [2.45, 2.75) is 38.1 Å². The molecule has 1 aliphatic rings. The molecule has 1 unspecified atom stereocenters. The second-order valence-corrected chi connectivity index (χ2v) is 6.79. The first-order chi connectivity index (χ1) is 12.2. The normalized spacial score (nSPS) is 19.1. The number of benzene rings is 2. The lowest BCUT2D eigenvalue weighted by atomic mass is 9.93. The van der Waals surface area contributed by atoms with Crippen molar-refractivity contribution in [2.24, 2.45) is 0 Å². The van der Waals surface area contributed by atoms with Gasteiger partial charge in [-0.25, -0.2) is 4.39 Å². The first kappa shape index (κ1) is 15.9. The lowest BCUT2D eigenvalue weighted by Crippen LogP contribution is -2.38. The first-order valence-electron chi connectivity index (χ1n) is 8.82. The molecule has 3 nitrogen and oxygen atoms in total. The number of aromatic amines is 1. The molecule has 0 aliphatic heterocycles. The minimum absolute atomic E-state index is 0.105. The van der Waals surface area contributed by atoms with Crippen LogP contribution in [0, 0.1) is 5.82 Å². The number of nitrogens with one attached hydrogen (secondary N) is 2. The van der Waals surface area contributed by atoms with Gasteiger partial charge in [0, 0.05) is 22.9 Å². The standard InChI is InChI=1S/C21H21FN2O/c1-2-5-17-16-7-4-3-6-13(16)11-19(17)24-21(25)20-12-14-10-15(22)8-9-18(14)23-20/h3-4,6-10,12,17,19,23H,2,5,11H2,1H3,(H,24,25)/t17-,19?/m1/s1. The monoisotopic (exact) mass is 336 g/mol. The third-order valence-corrected chi connectivity index (χ3v) is 5.12. The summed E-state index contributed by atoms with van der Waals surface area (Å²) in [7, 11) is 0. The van der Waals surface area contributed by atoms with Gasteiger partial charge in [-0.3, -0.25) is 4.79 Å². The highest BCUT2D eigenvalue weighted by atomic mass is 19.1. The molecule has 1 aromatic heterocycles. The number of halogens is 1. The van der Waals surface area contributed by atoms with E-state index in [-0.39, 0.29) is 17.8 Å². The quantitative estimate of drug-likeness (QED) is 0.721. The van der Waals surface area contributed by atoms with Gasteiger partial charge in [0.05, 0.1) is 0 Å². The van der Waals surface area contributed by atoms with E-state index in [1.807, 2.05) is 0 Å². The Morgan fingerprint density at radius 3 is 2.92 bits per heavy atom. The van der Waals surface area contributed by atoms with E-state index in [9.17, 15) is 9.18 Å². The summed E-state index contributed by atoms with van der Waals surface area (Å²) >= 11 is 0. The molecule has 25 heavy (non-hydrogen) atoms. The van der Waals surface area contributed by atoms with E-state index in [1.165, 1.54) is 23.3 Å². The van der Waals surface area contributed by atoms with Gasteiger partial charge in [0.15, 0.2) is 0 Å². The number of hydrogen-bond donors (Lipinski definition) is 2. The van der Waals surface area contributed by atoms with Crippen LogP contribution in [0.15, 0.2) is 48.5 Å². The zero-order chi connectivity index (χ0) is 17.4. The maximum absolute atomic E-state index is 13.3. The van der Waals surface area contributed by atoms with E-state index in [0.717, 1.165) is 24.8 Å². The van der Waals surface area contributed by atoms with Crippen LogP contribution in [0.1, 0.15) is 47.3 Å². The van der Waals surface area contributed by atoms with Crippen LogP contribution >= 0.6 is 0 Å². The van der Waals surface area contributed by atoms with Crippen LogP contribution in [0.25, 0.3) is 10.9 Å². The molecule has 3 aromatic rings. The molecule has 0 spiro atoms. The van der Waals surface area contributed by atoms with Crippen molar-refractivity contribution >= 4 is 16.8 Å². The smallest absolute Gasteiger partial charge is 0.267 e. The van der Waals surface area contributed by atoms with Crippen molar-refractivity contribution in [3.63, 3.8) is 0 Å². The molecule has 0 radical (unpaired) electrons. The topological polar surface area (TPSA) is 44.9 Å². The van der Waals surface area contributed by atoms with Gasteiger partial charge in [-0.2, -0.15) is 0 Å². The van der Waals surface area contributed by atoms with Crippen molar-refractivity contribution < 1.29 is 9.18 Å². The lowest BCUT2D eigenvalue weighted by Gasteiger charge is -2.21. The van der Waals surface area contributed by atoms with Gasteiger partial charge in [-0.05, 0) is 48.2 Å². The van der Waals surface area contributed by atoms with E-state index >= 15 is 0 Å². The molecule has 0 saturated carbocycles. The van der Waals surface area contributed by atoms with Crippen LogP contribution < -0.4 is 5.32 Å². The molecule has 2 N–H and O–H groups in total. The summed E-state index contributed by atoms with van der Waals surface area (Å²) in [4.78, 5) is 15.8. The van der Waals surface area contributed by atoms with Gasteiger partial charge in [-0.1, -0.05) is 37.6 Å².